The molecule has 3 N–H and O–H groups in total. The standard InChI is InChI=1S/C8H17NO3/c1-6(10)4-5-8(2,3)9-7(11)12/h6,9-10H,4-5H2,1-3H3,(H,11,12)/t6-/m1/s1. The fourth-order valence-corrected chi connectivity index (χ4v) is 0.922. The van der Waals surface area contributed by atoms with Crippen molar-refractivity contribution in [3.63, 3.8) is 0 Å². The summed E-state index contributed by atoms with van der Waals surface area (Å²) >= 11 is 0. The molecule has 0 spiro atoms. The smallest absolute Gasteiger partial charge is 0.405 e. The zero-order valence-corrected chi connectivity index (χ0v) is 7.79. The Kier molecular flexibility index (Phi) is 4.03. The van der Waals surface area contributed by atoms with Gasteiger partial charge in [0.2, 0.25) is 0 Å². The molecule has 0 bridgehead atoms. The quantitative estimate of drug-likeness (QED) is 0.601. The lowest BCUT2D eigenvalue weighted by molar-refractivity contribution is 0.156. The summed E-state index contributed by atoms with van der Waals surface area (Å²) in [6.07, 6.45) is -0.157. The zero-order valence-electron chi connectivity index (χ0n) is 7.79. The van der Waals surface area contributed by atoms with E-state index in [-0.39, 0.29) is 6.10 Å². The van der Waals surface area contributed by atoms with Crippen molar-refractivity contribution in [3.05, 3.63) is 0 Å². The number of carbonyl (C=O) groups is 1. The summed E-state index contributed by atoms with van der Waals surface area (Å²) in [5, 5.41) is 19.8. The van der Waals surface area contributed by atoms with Crippen LogP contribution in [0.4, 0.5) is 4.79 Å². The van der Waals surface area contributed by atoms with E-state index in [0.717, 1.165) is 0 Å². The highest BCUT2D eigenvalue weighted by Gasteiger charge is 2.19. The molecule has 72 valence electrons. The first kappa shape index (κ1) is 11.2. The Hall–Kier alpha value is -0.770. The van der Waals surface area contributed by atoms with Crippen molar-refractivity contribution in [2.75, 3.05) is 0 Å². The summed E-state index contributed by atoms with van der Waals surface area (Å²) in [6, 6.07) is 0. The second kappa shape index (κ2) is 4.30. The van der Waals surface area contributed by atoms with Crippen molar-refractivity contribution in [1.29, 1.82) is 0 Å². The predicted molar refractivity (Wildman–Crippen MR) is 46.2 cm³/mol. The number of hydrogen-bond acceptors (Lipinski definition) is 2. The third-order valence-electron chi connectivity index (χ3n) is 1.63. The van der Waals surface area contributed by atoms with Crippen molar-refractivity contribution >= 4 is 6.09 Å². The maximum absolute atomic E-state index is 10.3. The van der Waals surface area contributed by atoms with Gasteiger partial charge in [-0.3, -0.25) is 0 Å². The number of amides is 1. The molecule has 0 fully saturated rings. The van der Waals surface area contributed by atoms with Gasteiger partial charge in [-0.25, -0.2) is 4.79 Å². The Labute approximate surface area is 72.6 Å². The van der Waals surface area contributed by atoms with Crippen LogP contribution < -0.4 is 5.32 Å². The van der Waals surface area contributed by atoms with E-state index in [0.29, 0.717) is 12.8 Å². The molecule has 0 radical (unpaired) electrons. The van der Waals surface area contributed by atoms with Crippen LogP contribution in [-0.4, -0.2) is 27.9 Å². The molecule has 12 heavy (non-hydrogen) atoms. The summed E-state index contributed by atoms with van der Waals surface area (Å²) in [5.74, 6) is 0. The summed E-state index contributed by atoms with van der Waals surface area (Å²) in [6.45, 7) is 5.28. The topological polar surface area (TPSA) is 69.6 Å². The average Bonchev–Trinajstić information content (AvgIpc) is 1.81. The van der Waals surface area contributed by atoms with Gasteiger partial charge in [0.25, 0.3) is 0 Å². The molecule has 0 aromatic heterocycles. The van der Waals surface area contributed by atoms with Gasteiger partial charge in [0.05, 0.1) is 6.10 Å². The molecule has 0 aromatic rings. The maximum atomic E-state index is 10.3. The minimum absolute atomic E-state index is 0.375. The van der Waals surface area contributed by atoms with Crippen molar-refractivity contribution in [2.24, 2.45) is 0 Å². The summed E-state index contributed by atoms with van der Waals surface area (Å²) in [7, 11) is 0. The SMILES string of the molecule is C[C@@H](O)CCC(C)(C)NC(=O)O. The second-order valence-corrected chi connectivity index (χ2v) is 3.70. The maximum Gasteiger partial charge on any atom is 0.405 e. The third-order valence-corrected chi connectivity index (χ3v) is 1.63. The monoisotopic (exact) mass is 175 g/mol. The lowest BCUT2D eigenvalue weighted by Crippen LogP contribution is -2.42. The van der Waals surface area contributed by atoms with Gasteiger partial charge in [-0.05, 0) is 33.6 Å². The van der Waals surface area contributed by atoms with E-state index < -0.39 is 11.6 Å². The van der Waals surface area contributed by atoms with Crippen LogP contribution in [0.3, 0.4) is 0 Å². The molecule has 0 aromatic carbocycles. The summed E-state index contributed by atoms with van der Waals surface area (Å²) in [4.78, 5) is 10.3. The van der Waals surface area contributed by atoms with Crippen molar-refractivity contribution in [3.8, 4) is 0 Å². The Morgan fingerprint density at radius 3 is 2.42 bits per heavy atom. The van der Waals surface area contributed by atoms with Gasteiger partial charge in [-0.2, -0.15) is 0 Å². The highest BCUT2D eigenvalue weighted by molar-refractivity contribution is 5.65. The number of nitrogens with one attached hydrogen (secondary N) is 1. The molecule has 0 aliphatic carbocycles. The van der Waals surface area contributed by atoms with Gasteiger partial charge >= 0.3 is 6.09 Å². The van der Waals surface area contributed by atoms with Crippen LogP contribution in [0.25, 0.3) is 0 Å². The lowest BCUT2D eigenvalue weighted by Gasteiger charge is -2.24. The van der Waals surface area contributed by atoms with Crippen LogP contribution >= 0.6 is 0 Å². The largest absolute Gasteiger partial charge is 0.465 e. The van der Waals surface area contributed by atoms with Crippen LogP contribution in [-0.2, 0) is 0 Å². The average molecular weight is 175 g/mol. The van der Waals surface area contributed by atoms with E-state index in [1.807, 2.05) is 0 Å². The molecular formula is C8H17NO3. The fourth-order valence-electron chi connectivity index (χ4n) is 0.922. The molecule has 0 heterocycles. The zero-order chi connectivity index (χ0) is 9.78. The second-order valence-electron chi connectivity index (χ2n) is 3.70. The number of aliphatic hydroxyl groups excluding tert-OH is 1. The summed E-state index contributed by atoms with van der Waals surface area (Å²) in [5.41, 5.74) is -0.456. The highest BCUT2D eigenvalue weighted by atomic mass is 16.4. The fraction of sp³-hybridized carbons (Fsp3) is 0.875. The third kappa shape index (κ3) is 5.97. The van der Waals surface area contributed by atoms with E-state index >= 15 is 0 Å². The molecule has 1 amide bonds. The van der Waals surface area contributed by atoms with E-state index in [2.05, 4.69) is 5.32 Å². The molecule has 0 saturated carbocycles. The van der Waals surface area contributed by atoms with Crippen molar-refractivity contribution in [2.45, 2.75) is 45.3 Å². The Morgan fingerprint density at radius 2 is 2.08 bits per heavy atom. The van der Waals surface area contributed by atoms with E-state index in [9.17, 15) is 4.79 Å². The van der Waals surface area contributed by atoms with Crippen LogP contribution in [0.2, 0.25) is 0 Å². The Morgan fingerprint density at radius 1 is 1.58 bits per heavy atom. The number of aliphatic hydroxyl groups is 1. The van der Waals surface area contributed by atoms with Gasteiger partial charge in [-0.15, -0.1) is 0 Å². The molecule has 0 saturated heterocycles. The molecule has 0 aliphatic rings. The first-order chi connectivity index (χ1) is 5.33. The van der Waals surface area contributed by atoms with E-state index in [4.69, 9.17) is 10.2 Å². The van der Waals surface area contributed by atoms with Gasteiger partial charge < -0.3 is 15.5 Å². The minimum atomic E-state index is -1.02. The Bertz CT molecular complexity index is 154. The van der Waals surface area contributed by atoms with Gasteiger partial charge in [0, 0.05) is 5.54 Å². The van der Waals surface area contributed by atoms with Crippen molar-refractivity contribution in [1.82, 2.24) is 5.32 Å². The first-order valence-corrected chi connectivity index (χ1v) is 4.03. The van der Waals surface area contributed by atoms with Gasteiger partial charge in [0.1, 0.15) is 0 Å². The predicted octanol–water partition coefficient (Wildman–Crippen LogP) is 1.19. The van der Waals surface area contributed by atoms with E-state index in [1.54, 1.807) is 20.8 Å². The molecular weight excluding hydrogens is 158 g/mol. The highest BCUT2D eigenvalue weighted by Crippen LogP contribution is 2.12. The van der Waals surface area contributed by atoms with Crippen LogP contribution in [0.5, 0.6) is 0 Å². The lowest BCUT2D eigenvalue weighted by atomic mass is 9.97. The number of carboxylic acid groups (broad SMARTS) is 1. The molecule has 4 nitrogen and oxygen atoms in total. The first-order valence-electron chi connectivity index (χ1n) is 4.03. The van der Waals surface area contributed by atoms with E-state index in [1.165, 1.54) is 0 Å². The molecule has 0 unspecified atom stereocenters. The van der Waals surface area contributed by atoms with Crippen LogP contribution in [0, 0.1) is 0 Å². The van der Waals surface area contributed by atoms with Gasteiger partial charge in [0.15, 0.2) is 0 Å². The van der Waals surface area contributed by atoms with Crippen molar-refractivity contribution < 1.29 is 15.0 Å². The minimum Gasteiger partial charge on any atom is -0.465 e. The molecule has 4 heteroatoms. The number of hydrogen-bond donors (Lipinski definition) is 3. The number of rotatable bonds is 4. The van der Waals surface area contributed by atoms with Crippen LogP contribution in [0.15, 0.2) is 0 Å². The van der Waals surface area contributed by atoms with Gasteiger partial charge in [-0.1, -0.05) is 0 Å². The Balaban J connectivity index is 3.78. The molecule has 1 atom stereocenters. The molecule has 0 rings (SSSR count). The summed E-state index contributed by atoms with van der Waals surface area (Å²) < 4.78 is 0. The normalized spacial score (nSPS) is 14.0. The van der Waals surface area contributed by atoms with Crippen LogP contribution in [0.1, 0.15) is 33.6 Å². The molecule has 0 aliphatic heterocycles.